The number of amides is 1. The first-order valence-electron chi connectivity index (χ1n) is 9.68. The molecule has 0 spiro atoms. The van der Waals surface area contributed by atoms with Gasteiger partial charge in [0.05, 0.1) is 6.04 Å². The van der Waals surface area contributed by atoms with E-state index in [9.17, 15) is 18.0 Å². The van der Waals surface area contributed by atoms with Crippen molar-refractivity contribution in [2.24, 2.45) is 0 Å². The molecule has 3 rings (SSSR count). The van der Waals surface area contributed by atoms with Crippen molar-refractivity contribution >= 4 is 17.7 Å². The minimum atomic E-state index is -1.04. The Bertz CT molecular complexity index is 969. The molecule has 2 aromatic rings. The number of ether oxygens (including phenoxy) is 2. The Morgan fingerprint density at radius 1 is 1.23 bits per heavy atom. The van der Waals surface area contributed by atoms with Crippen molar-refractivity contribution in [2.75, 3.05) is 19.6 Å². The van der Waals surface area contributed by atoms with E-state index in [4.69, 9.17) is 21.1 Å². The van der Waals surface area contributed by atoms with E-state index in [1.165, 1.54) is 17.0 Å². The number of pyridine rings is 1. The molecule has 1 aromatic carbocycles. The standard InChI is InChI=1S/C21H23ClF3N3O3/c1-21(2,3)31-20(29)28-7-6-26-10-17(28)18-15(24)9-16(25)19(27-18)30-11-12-4-5-13(22)8-14(12)23/h4-5,8-9,17,26H,6-7,10-11H2,1-3H3. The average Bonchev–Trinajstić information content (AvgIpc) is 2.67. The van der Waals surface area contributed by atoms with Crippen molar-refractivity contribution in [3.63, 3.8) is 0 Å². The summed E-state index contributed by atoms with van der Waals surface area (Å²) < 4.78 is 53.6. The van der Waals surface area contributed by atoms with E-state index in [0.29, 0.717) is 12.6 Å². The van der Waals surface area contributed by atoms with E-state index in [1.807, 2.05) is 0 Å². The molecule has 1 N–H and O–H groups in total. The van der Waals surface area contributed by atoms with Gasteiger partial charge in [0.1, 0.15) is 29.5 Å². The number of halogens is 4. The van der Waals surface area contributed by atoms with Crippen LogP contribution in [0.25, 0.3) is 0 Å². The molecule has 6 nitrogen and oxygen atoms in total. The number of hydrogen-bond acceptors (Lipinski definition) is 5. The van der Waals surface area contributed by atoms with Crippen LogP contribution in [0.2, 0.25) is 5.02 Å². The van der Waals surface area contributed by atoms with Crippen LogP contribution in [0.15, 0.2) is 24.3 Å². The minimum Gasteiger partial charge on any atom is -0.471 e. The van der Waals surface area contributed by atoms with Gasteiger partial charge >= 0.3 is 6.09 Å². The molecule has 0 bridgehead atoms. The predicted molar refractivity (Wildman–Crippen MR) is 108 cm³/mol. The number of carbonyl (C=O) groups is 1. The molecular formula is C21H23ClF3N3O3. The maximum atomic E-state index is 14.6. The van der Waals surface area contributed by atoms with Crippen LogP contribution in [0.3, 0.4) is 0 Å². The molecule has 1 aromatic heterocycles. The van der Waals surface area contributed by atoms with E-state index in [2.05, 4.69) is 10.3 Å². The molecular weight excluding hydrogens is 435 g/mol. The van der Waals surface area contributed by atoms with Crippen LogP contribution in [0.1, 0.15) is 38.1 Å². The van der Waals surface area contributed by atoms with Gasteiger partial charge < -0.3 is 14.8 Å². The zero-order valence-electron chi connectivity index (χ0n) is 17.3. The summed E-state index contributed by atoms with van der Waals surface area (Å²) in [5.74, 6) is -3.09. The molecule has 2 heterocycles. The van der Waals surface area contributed by atoms with Gasteiger partial charge in [-0.05, 0) is 32.9 Å². The van der Waals surface area contributed by atoms with Gasteiger partial charge in [0.2, 0.25) is 0 Å². The van der Waals surface area contributed by atoms with Gasteiger partial charge in [0, 0.05) is 36.3 Å². The molecule has 31 heavy (non-hydrogen) atoms. The van der Waals surface area contributed by atoms with Crippen LogP contribution in [-0.2, 0) is 11.3 Å². The van der Waals surface area contributed by atoms with E-state index in [-0.39, 0.29) is 36.0 Å². The first-order valence-corrected chi connectivity index (χ1v) is 10.1. The van der Waals surface area contributed by atoms with Crippen molar-refractivity contribution in [2.45, 2.75) is 39.0 Å². The second kappa shape index (κ2) is 9.32. The van der Waals surface area contributed by atoms with Crippen LogP contribution in [0.4, 0.5) is 18.0 Å². The fourth-order valence-corrected chi connectivity index (χ4v) is 3.23. The Labute approximate surface area is 183 Å². The Balaban J connectivity index is 1.85. The summed E-state index contributed by atoms with van der Waals surface area (Å²) in [6.07, 6.45) is -0.629. The number of aromatic nitrogens is 1. The Kier molecular flexibility index (Phi) is 6.96. The second-order valence-corrected chi connectivity index (χ2v) is 8.50. The van der Waals surface area contributed by atoms with Gasteiger partial charge in [-0.15, -0.1) is 0 Å². The lowest BCUT2D eigenvalue weighted by Crippen LogP contribution is -2.50. The van der Waals surface area contributed by atoms with Gasteiger partial charge in [0.25, 0.3) is 5.88 Å². The molecule has 1 saturated heterocycles. The Morgan fingerprint density at radius 2 is 1.97 bits per heavy atom. The molecule has 1 unspecified atom stereocenters. The third-order valence-electron chi connectivity index (χ3n) is 4.49. The van der Waals surface area contributed by atoms with Gasteiger partial charge in [-0.1, -0.05) is 17.7 Å². The molecule has 1 fully saturated rings. The molecule has 1 aliphatic rings. The number of nitrogens with zero attached hydrogens (tertiary/aromatic N) is 2. The molecule has 1 amide bonds. The minimum absolute atomic E-state index is 0.131. The number of benzene rings is 1. The lowest BCUT2D eigenvalue weighted by molar-refractivity contribution is 0.0108. The molecule has 0 radical (unpaired) electrons. The monoisotopic (exact) mass is 457 g/mol. The highest BCUT2D eigenvalue weighted by Crippen LogP contribution is 2.29. The van der Waals surface area contributed by atoms with Crippen LogP contribution in [-0.4, -0.2) is 41.2 Å². The summed E-state index contributed by atoms with van der Waals surface area (Å²) >= 11 is 5.72. The lowest BCUT2D eigenvalue weighted by atomic mass is 10.1. The van der Waals surface area contributed by atoms with Gasteiger partial charge in [-0.25, -0.2) is 22.9 Å². The number of piperazine rings is 1. The van der Waals surface area contributed by atoms with Crippen molar-refractivity contribution in [1.82, 2.24) is 15.2 Å². The molecule has 10 heteroatoms. The summed E-state index contributed by atoms with van der Waals surface area (Å²) in [6, 6.07) is 3.77. The topological polar surface area (TPSA) is 63.7 Å². The summed E-state index contributed by atoms with van der Waals surface area (Å²) in [7, 11) is 0. The van der Waals surface area contributed by atoms with Crippen molar-refractivity contribution < 1.29 is 27.4 Å². The van der Waals surface area contributed by atoms with Gasteiger partial charge in [-0.2, -0.15) is 0 Å². The Morgan fingerprint density at radius 3 is 2.65 bits per heavy atom. The smallest absolute Gasteiger partial charge is 0.410 e. The lowest BCUT2D eigenvalue weighted by Gasteiger charge is -2.36. The summed E-state index contributed by atoms with van der Waals surface area (Å²) in [4.78, 5) is 17.9. The fourth-order valence-electron chi connectivity index (χ4n) is 3.07. The predicted octanol–water partition coefficient (Wildman–Crippen LogP) is 4.61. The third-order valence-corrected chi connectivity index (χ3v) is 4.73. The molecule has 168 valence electrons. The van der Waals surface area contributed by atoms with E-state index < -0.39 is 41.1 Å². The first-order chi connectivity index (χ1) is 14.5. The van der Waals surface area contributed by atoms with E-state index >= 15 is 0 Å². The van der Waals surface area contributed by atoms with Crippen LogP contribution in [0, 0.1) is 17.5 Å². The van der Waals surface area contributed by atoms with Gasteiger partial charge in [0.15, 0.2) is 5.82 Å². The zero-order valence-corrected chi connectivity index (χ0v) is 18.1. The maximum absolute atomic E-state index is 14.6. The largest absolute Gasteiger partial charge is 0.471 e. The van der Waals surface area contributed by atoms with Crippen molar-refractivity contribution in [3.05, 3.63) is 58.0 Å². The quantitative estimate of drug-likeness (QED) is 0.726. The molecule has 0 aliphatic carbocycles. The van der Waals surface area contributed by atoms with Crippen LogP contribution < -0.4 is 10.1 Å². The first kappa shape index (κ1) is 23.1. The second-order valence-electron chi connectivity index (χ2n) is 8.06. The maximum Gasteiger partial charge on any atom is 0.410 e. The van der Waals surface area contributed by atoms with E-state index in [0.717, 1.165) is 6.07 Å². The van der Waals surface area contributed by atoms with Crippen molar-refractivity contribution in [1.29, 1.82) is 0 Å². The van der Waals surface area contributed by atoms with Crippen LogP contribution >= 0.6 is 11.6 Å². The highest BCUT2D eigenvalue weighted by molar-refractivity contribution is 6.30. The number of carbonyl (C=O) groups excluding carboxylic acids is 1. The molecule has 0 saturated carbocycles. The fraction of sp³-hybridized carbons (Fsp3) is 0.429. The van der Waals surface area contributed by atoms with Crippen LogP contribution in [0.5, 0.6) is 5.88 Å². The summed E-state index contributed by atoms with van der Waals surface area (Å²) in [5, 5.41) is 3.27. The Hall–Kier alpha value is -2.52. The number of hydrogen-bond donors (Lipinski definition) is 1. The number of rotatable bonds is 4. The van der Waals surface area contributed by atoms with E-state index in [1.54, 1.807) is 20.8 Å². The SMILES string of the molecule is CC(C)(C)OC(=O)N1CCNCC1c1nc(OCc2ccc(Cl)cc2F)c(F)cc1F. The highest BCUT2D eigenvalue weighted by Gasteiger charge is 2.34. The average molecular weight is 458 g/mol. The zero-order chi connectivity index (χ0) is 22.8. The van der Waals surface area contributed by atoms with Crippen molar-refractivity contribution in [3.8, 4) is 5.88 Å². The van der Waals surface area contributed by atoms with Gasteiger partial charge in [-0.3, -0.25) is 4.90 Å². The summed E-state index contributed by atoms with van der Waals surface area (Å²) in [6.45, 7) is 5.76. The number of nitrogens with one attached hydrogen (secondary N) is 1. The highest BCUT2D eigenvalue weighted by atomic mass is 35.5. The summed E-state index contributed by atoms with van der Waals surface area (Å²) in [5.41, 5.74) is -0.782. The molecule has 1 aliphatic heterocycles. The normalized spacial score (nSPS) is 16.9. The molecule has 1 atom stereocenters. The third kappa shape index (κ3) is 5.80.